The van der Waals surface area contributed by atoms with Gasteiger partial charge in [0, 0.05) is 50.9 Å². The average Bonchev–Trinajstić information content (AvgIpc) is 2.93. The van der Waals surface area contributed by atoms with E-state index in [2.05, 4.69) is 15.2 Å². The second kappa shape index (κ2) is 7.66. The molecule has 25 heavy (non-hydrogen) atoms. The van der Waals surface area contributed by atoms with Crippen molar-refractivity contribution in [1.29, 1.82) is 0 Å². The molecule has 9 heteroatoms. The predicted octanol–water partition coefficient (Wildman–Crippen LogP) is 0.403. The van der Waals surface area contributed by atoms with Crippen LogP contribution in [0.25, 0.3) is 6.08 Å². The van der Waals surface area contributed by atoms with Crippen molar-refractivity contribution in [2.24, 2.45) is 5.73 Å². The molecule has 0 spiro atoms. The van der Waals surface area contributed by atoms with E-state index < -0.39 is 0 Å². The topological polar surface area (TPSA) is 109 Å². The third-order valence-electron chi connectivity index (χ3n) is 4.04. The van der Waals surface area contributed by atoms with Gasteiger partial charge in [-0.05, 0) is 30.0 Å². The normalized spacial score (nSPS) is 19.5. The molecular formula is C16H19N5O3S. The summed E-state index contributed by atoms with van der Waals surface area (Å²) in [5.74, 6) is 0.429. The van der Waals surface area contributed by atoms with E-state index in [-0.39, 0.29) is 17.1 Å². The van der Waals surface area contributed by atoms with Gasteiger partial charge >= 0.3 is 0 Å². The number of pyridine rings is 1. The van der Waals surface area contributed by atoms with Gasteiger partial charge in [0.05, 0.1) is 4.91 Å². The third-order valence-corrected chi connectivity index (χ3v) is 4.85. The number of nitrogens with zero attached hydrogens (tertiary/aromatic N) is 3. The quantitative estimate of drug-likeness (QED) is 0.747. The summed E-state index contributed by atoms with van der Waals surface area (Å²) in [6, 6.07) is 3.65. The molecule has 0 radical (unpaired) electrons. The molecule has 3 N–H and O–H groups in total. The zero-order chi connectivity index (χ0) is 17.8. The van der Waals surface area contributed by atoms with Crippen molar-refractivity contribution >= 4 is 40.7 Å². The Morgan fingerprint density at radius 3 is 2.72 bits per heavy atom. The van der Waals surface area contributed by atoms with Crippen molar-refractivity contribution in [2.45, 2.75) is 6.42 Å². The van der Waals surface area contributed by atoms with E-state index in [1.165, 1.54) is 0 Å². The maximum absolute atomic E-state index is 11.9. The van der Waals surface area contributed by atoms with Crippen molar-refractivity contribution in [3.8, 4) is 0 Å². The first-order chi connectivity index (χ1) is 12.1. The van der Waals surface area contributed by atoms with Crippen LogP contribution in [0.3, 0.4) is 0 Å². The second-order valence-corrected chi connectivity index (χ2v) is 6.69. The summed E-state index contributed by atoms with van der Waals surface area (Å²) in [7, 11) is 0. The van der Waals surface area contributed by atoms with Crippen LogP contribution >= 0.6 is 11.8 Å². The summed E-state index contributed by atoms with van der Waals surface area (Å²) in [5, 5.41) is 1.88. The lowest BCUT2D eigenvalue weighted by Gasteiger charge is -2.36. The third kappa shape index (κ3) is 3.99. The van der Waals surface area contributed by atoms with Crippen molar-refractivity contribution in [3.05, 3.63) is 28.8 Å². The van der Waals surface area contributed by atoms with Gasteiger partial charge in [-0.2, -0.15) is 0 Å². The molecule has 0 bridgehead atoms. The summed E-state index contributed by atoms with van der Waals surface area (Å²) in [4.78, 5) is 43.7. The predicted molar refractivity (Wildman–Crippen MR) is 95.8 cm³/mol. The Balaban J connectivity index is 1.74. The molecule has 2 aliphatic rings. The van der Waals surface area contributed by atoms with Crippen LogP contribution in [0.1, 0.15) is 12.0 Å². The number of nitrogens with one attached hydrogen (secondary N) is 1. The smallest absolute Gasteiger partial charge is 0.290 e. The van der Waals surface area contributed by atoms with E-state index in [1.54, 1.807) is 18.3 Å². The number of piperazine rings is 1. The SMILES string of the molecule is NCCC(=O)N1CCN(c2ncccc2/C=C2\SC(=O)NC2=O)CC1. The fourth-order valence-electron chi connectivity index (χ4n) is 2.80. The highest BCUT2D eigenvalue weighted by atomic mass is 32.2. The Morgan fingerprint density at radius 1 is 1.32 bits per heavy atom. The van der Waals surface area contributed by atoms with E-state index in [0.29, 0.717) is 44.0 Å². The lowest BCUT2D eigenvalue weighted by molar-refractivity contribution is -0.131. The highest BCUT2D eigenvalue weighted by molar-refractivity contribution is 8.18. The number of carbonyl (C=O) groups excluding carboxylic acids is 3. The van der Waals surface area contributed by atoms with Gasteiger partial charge in [-0.25, -0.2) is 4.98 Å². The molecule has 2 saturated heterocycles. The number of imide groups is 1. The van der Waals surface area contributed by atoms with Crippen molar-refractivity contribution in [1.82, 2.24) is 15.2 Å². The first-order valence-corrected chi connectivity index (χ1v) is 8.83. The van der Waals surface area contributed by atoms with E-state index >= 15 is 0 Å². The molecule has 1 aromatic heterocycles. The van der Waals surface area contributed by atoms with Gasteiger partial charge in [-0.3, -0.25) is 19.7 Å². The molecular weight excluding hydrogens is 342 g/mol. The first kappa shape index (κ1) is 17.4. The Morgan fingerprint density at radius 2 is 2.08 bits per heavy atom. The molecule has 0 saturated carbocycles. The Bertz CT molecular complexity index is 728. The Hall–Kier alpha value is -2.39. The molecule has 3 amide bonds. The van der Waals surface area contributed by atoms with Crippen LogP contribution in [-0.2, 0) is 9.59 Å². The summed E-state index contributed by atoms with van der Waals surface area (Å²) in [5.41, 5.74) is 6.21. The zero-order valence-corrected chi connectivity index (χ0v) is 14.4. The minimum Gasteiger partial charge on any atom is -0.353 e. The molecule has 0 aromatic carbocycles. The van der Waals surface area contributed by atoms with Gasteiger partial charge in [0.2, 0.25) is 5.91 Å². The van der Waals surface area contributed by atoms with Gasteiger partial charge in [-0.1, -0.05) is 0 Å². The second-order valence-electron chi connectivity index (χ2n) is 5.67. The largest absolute Gasteiger partial charge is 0.353 e. The number of amides is 3. The van der Waals surface area contributed by atoms with E-state index in [9.17, 15) is 14.4 Å². The van der Waals surface area contributed by atoms with Crippen molar-refractivity contribution in [2.75, 3.05) is 37.6 Å². The van der Waals surface area contributed by atoms with E-state index in [0.717, 1.165) is 23.1 Å². The minimum atomic E-state index is -0.387. The van der Waals surface area contributed by atoms with Crippen LogP contribution in [0, 0.1) is 0 Å². The molecule has 3 rings (SSSR count). The minimum absolute atomic E-state index is 0.0723. The van der Waals surface area contributed by atoms with E-state index in [1.807, 2.05) is 11.0 Å². The molecule has 1 aromatic rings. The molecule has 0 atom stereocenters. The summed E-state index contributed by atoms with van der Waals surface area (Å²) >= 11 is 0.884. The highest BCUT2D eigenvalue weighted by Gasteiger charge is 2.27. The first-order valence-electron chi connectivity index (χ1n) is 8.01. The fraction of sp³-hybridized carbons (Fsp3) is 0.375. The number of anilines is 1. The van der Waals surface area contributed by atoms with Crippen molar-refractivity contribution in [3.63, 3.8) is 0 Å². The monoisotopic (exact) mass is 361 g/mol. The van der Waals surface area contributed by atoms with Crippen LogP contribution in [0.2, 0.25) is 0 Å². The Kier molecular flexibility index (Phi) is 5.34. The summed E-state index contributed by atoms with van der Waals surface area (Å²) < 4.78 is 0. The number of thioether (sulfide) groups is 1. The number of nitrogens with two attached hydrogens (primary N) is 1. The average molecular weight is 361 g/mol. The van der Waals surface area contributed by atoms with Gasteiger partial charge in [0.1, 0.15) is 5.82 Å². The maximum atomic E-state index is 11.9. The molecule has 2 fully saturated rings. The molecule has 8 nitrogen and oxygen atoms in total. The van der Waals surface area contributed by atoms with Gasteiger partial charge in [0.15, 0.2) is 0 Å². The van der Waals surface area contributed by atoms with Gasteiger partial charge in [-0.15, -0.1) is 0 Å². The number of rotatable bonds is 4. The number of carbonyl (C=O) groups is 3. The number of hydrogen-bond donors (Lipinski definition) is 2. The van der Waals surface area contributed by atoms with Crippen LogP contribution < -0.4 is 16.0 Å². The molecule has 0 unspecified atom stereocenters. The van der Waals surface area contributed by atoms with Gasteiger partial charge in [0.25, 0.3) is 11.1 Å². The summed E-state index contributed by atoms with van der Waals surface area (Å²) in [6.07, 6.45) is 3.73. The lowest BCUT2D eigenvalue weighted by atomic mass is 10.2. The number of aromatic nitrogens is 1. The molecule has 132 valence electrons. The van der Waals surface area contributed by atoms with Gasteiger partial charge < -0.3 is 15.5 Å². The summed E-state index contributed by atoms with van der Waals surface area (Å²) in [6.45, 7) is 2.89. The van der Waals surface area contributed by atoms with Crippen LogP contribution in [-0.4, -0.2) is 59.7 Å². The Labute approximate surface area is 149 Å². The van der Waals surface area contributed by atoms with Crippen LogP contribution in [0.5, 0.6) is 0 Å². The zero-order valence-electron chi connectivity index (χ0n) is 13.6. The fourth-order valence-corrected chi connectivity index (χ4v) is 3.47. The lowest BCUT2D eigenvalue weighted by Crippen LogP contribution is -2.49. The molecule has 0 aliphatic carbocycles. The molecule has 3 heterocycles. The highest BCUT2D eigenvalue weighted by Crippen LogP contribution is 2.28. The molecule has 2 aliphatic heterocycles. The van der Waals surface area contributed by atoms with Crippen LogP contribution in [0.4, 0.5) is 10.6 Å². The van der Waals surface area contributed by atoms with E-state index in [4.69, 9.17) is 5.73 Å². The van der Waals surface area contributed by atoms with Crippen LogP contribution in [0.15, 0.2) is 23.2 Å². The number of hydrogen-bond acceptors (Lipinski definition) is 7. The standard InChI is InChI=1S/C16H19N5O3S/c17-4-3-13(22)20-6-8-21(9-7-20)14-11(2-1-5-18-14)10-12-15(23)19-16(24)25-12/h1-2,5,10H,3-4,6-9,17H2,(H,19,23,24)/b12-10-. The van der Waals surface area contributed by atoms with Crippen molar-refractivity contribution < 1.29 is 14.4 Å². The maximum Gasteiger partial charge on any atom is 0.290 e.